The maximum atomic E-state index is 12.8. The highest BCUT2D eigenvalue weighted by atomic mass is 16.3. The van der Waals surface area contributed by atoms with E-state index < -0.39 is 5.91 Å². The van der Waals surface area contributed by atoms with Gasteiger partial charge in [-0.05, 0) is 34.4 Å². The maximum Gasteiger partial charge on any atom is 0.260 e. The summed E-state index contributed by atoms with van der Waals surface area (Å²) in [5.41, 5.74) is 4.29. The van der Waals surface area contributed by atoms with Gasteiger partial charge in [-0.1, -0.05) is 54.6 Å². The SMILES string of the molecule is O=C(CN1C(=O)c2cccc3cccc1c23)N/N=C\c1c(O)ccc2ccccc12. The summed E-state index contributed by atoms with van der Waals surface area (Å²) in [6.07, 6.45) is 1.41. The third-order valence-electron chi connectivity index (χ3n) is 5.28. The van der Waals surface area contributed by atoms with Gasteiger partial charge in [0.2, 0.25) is 0 Å². The summed E-state index contributed by atoms with van der Waals surface area (Å²) >= 11 is 0. The smallest absolute Gasteiger partial charge is 0.260 e. The maximum absolute atomic E-state index is 12.8. The molecule has 6 heteroatoms. The van der Waals surface area contributed by atoms with Crippen molar-refractivity contribution in [2.45, 2.75) is 0 Å². The number of anilines is 1. The van der Waals surface area contributed by atoms with E-state index in [0.717, 1.165) is 27.2 Å². The molecule has 1 aliphatic rings. The minimum atomic E-state index is -0.427. The zero-order chi connectivity index (χ0) is 20.7. The lowest BCUT2D eigenvalue weighted by Crippen LogP contribution is -2.37. The van der Waals surface area contributed by atoms with Crippen molar-refractivity contribution in [3.05, 3.63) is 83.9 Å². The number of aromatic hydroxyl groups is 1. The van der Waals surface area contributed by atoms with Crippen molar-refractivity contribution >= 4 is 45.3 Å². The molecule has 1 heterocycles. The Labute approximate surface area is 172 Å². The van der Waals surface area contributed by atoms with E-state index in [1.807, 2.05) is 60.7 Å². The molecule has 0 unspecified atom stereocenters. The number of phenols is 1. The molecule has 0 aromatic heterocycles. The topological polar surface area (TPSA) is 82.0 Å². The fourth-order valence-corrected chi connectivity index (χ4v) is 3.90. The number of amides is 2. The van der Waals surface area contributed by atoms with Crippen molar-refractivity contribution in [3.8, 4) is 5.75 Å². The van der Waals surface area contributed by atoms with E-state index in [0.29, 0.717) is 11.1 Å². The van der Waals surface area contributed by atoms with Crippen molar-refractivity contribution in [3.63, 3.8) is 0 Å². The predicted octanol–water partition coefficient (Wildman–Crippen LogP) is 3.81. The van der Waals surface area contributed by atoms with Crippen LogP contribution in [-0.4, -0.2) is 29.7 Å². The zero-order valence-corrected chi connectivity index (χ0v) is 15.9. The molecule has 0 radical (unpaired) electrons. The Morgan fingerprint density at radius 3 is 2.60 bits per heavy atom. The van der Waals surface area contributed by atoms with E-state index >= 15 is 0 Å². The Morgan fingerprint density at radius 1 is 0.967 bits per heavy atom. The predicted molar refractivity (Wildman–Crippen MR) is 117 cm³/mol. The van der Waals surface area contributed by atoms with Gasteiger partial charge in [0.05, 0.1) is 11.9 Å². The monoisotopic (exact) mass is 395 g/mol. The van der Waals surface area contributed by atoms with Gasteiger partial charge in [0.15, 0.2) is 0 Å². The standard InChI is InChI=1S/C24H17N3O3/c28-21-12-11-15-5-1-2-8-17(15)19(21)13-25-26-22(29)14-27-20-10-4-7-16-6-3-9-18(23(16)20)24(27)30/h1-13,28H,14H2,(H,26,29)/b25-13-. The number of fused-ring (bicyclic) bond motifs is 1. The van der Waals surface area contributed by atoms with Gasteiger partial charge in [-0.25, -0.2) is 5.43 Å². The average molecular weight is 395 g/mol. The van der Waals surface area contributed by atoms with Crippen LogP contribution in [0.25, 0.3) is 21.5 Å². The van der Waals surface area contributed by atoms with Crippen molar-refractivity contribution in [2.75, 3.05) is 11.4 Å². The molecule has 0 fully saturated rings. The van der Waals surface area contributed by atoms with Gasteiger partial charge in [-0.3, -0.25) is 14.5 Å². The molecule has 0 saturated heterocycles. The van der Waals surface area contributed by atoms with Gasteiger partial charge >= 0.3 is 0 Å². The molecule has 5 rings (SSSR count). The molecule has 0 aliphatic carbocycles. The number of carbonyl (C=O) groups excluding carboxylic acids is 2. The number of hydrogen-bond acceptors (Lipinski definition) is 4. The van der Waals surface area contributed by atoms with Crippen LogP contribution in [0.5, 0.6) is 5.75 Å². The first-order valence-electron chi connectivity index (χ1n) is 9.50. The first-order chi connectivity index (χ1) is 14.6. The second-order valence-electron chi connectivity index (χ2n) is 7.08. The molecule has 0 spiro atoms. The molecular formula is C24H17N3O3. The van der Waals surface area contributed by atoms with Crippen LogP contribution < -0.4 is 10.3 Å². The number of nitrogens with one attached hydrogen (secondary N) is 1. The first-order valence-corrected chi connectivity index (χ1v) is 9.50. The van der Waals surface area contributed by atoms with E-state index in [9.17, 15) is 14.7 Å². The highest BCUT2D eigenvalue weighted by Gasteiger charge is 2.30. The summed E-state index contributed by atoms with van der Waals surface area (Å²) in [6.45, 7) is -0.147. The van der Waals surface area contributed by atoms with Crippen LogP contribution in [0.3, 0.4) is 0 Å². The van der Waals surface area contributed by atoms with Gasteiger partial charge in [-0.2, -0.15) is 5.10 Å². The lowest BCUT2D eigenvalue weighted by molar-refractivity contribution is -0.119. The molecule has 0 saturated carbocycles. The highest BCUT2D eigenvalue weighted by molar-refractivity contribution is 6.26. The van der Waals surface area contributed by atoms with Gasteiger partial charge in [0.1, 0.15) is 12.3 Å². The number of carbonyl (C=O) groups is 2. The summed E-state index contributed by atoms with van der Waals surface area (Å²) < 4.78 is 0. The van der Waals surface area contributed by atoms with E-state index in [4.69, 9.17) is 0 Å². The number of hydrazone groups is 1. The second kappa shape index (κ2) is 7.00. The number of nitrogens with zero attached hydrogens (tertiary/aromatic N) is 2. The zero-order valence-electron chi connectivity index (χ0n) is 15.9. The Kier molecular flexibility index (Phi) is 4.17. The van der Waals surface area contributed by atoms with Crippen LogP contribution in [0.1, 0.15) is 15.9 Å². The van der Waals surface area contributed by atoms with Crippen molar-refractivity contribution < 1.29 is 14.7 Å². The van der Waals surface area contributed by atoms with Crippen LogP contribution >= 0.6 is 0 Å². The molecule has 1 aliphatic heterocycles. The fourth-order valence-electron chi connectivity index (χ4n) is 3.90. The fraction of sp³-hybridized carbons (Fsp3) is 0.0417. The summed E-state index contributed by atoms with van der Waals surface area (Å²) in [5, 5.41) is 17.8. The Morgan fingerprint density at radius 2 is 1.73 bits per heavy atom. The van der Waals surface area contributed by atoms with Gasteiger partial charge < -0.3 is 5.11 Å². The normalized spacial score (nSPS) is 12.9. The number of phenolic OH excluding ortho intramolecular Hbond substituents is 1. The minimum absolute atomic E-state index is 0.0727. The summed E-state index contributed by atoms with van der Waals surface area (Å²) in [4.78, 5) is 26.7. The van der Waals surface area contributed by atoms with E-state index in [2.05, 4.69) is 10.5 Å². The quantitative estimate of drug-likeness (QED) is 0.407. The summed E-state index contributed by atoms with van der Waals surface area (Å²) in [6, 6.07) is 22.2. The third-order valence-corrected chi connectivity index (χ3v) is 5.28. The largest absolute Gasteiger partial charge is 0.507 e. The molecule has 4 aromatic carbocycles. The van der Waals surface area contributed by atoms with Gasteiger partial charge in [0, 0.05) is 16.5 Å². The van der Waals surface area contributed by atoms with Crippen LogP contribution in [0.4, 0.5) is 5.69 Å². The van der Waals surface area contributed by atoms with Crippen LogP contribution in [0.15, 0.2) is 77.9 Å². The van der Waals surface area contributed by atoms with Crippen LogP contribution in [0.2, 0.25) is 0 Å². The average Bonchev–Trinajstić information content (AvgIpc) is 3.03. The molecule has 2 N–H and O–H groups in total. The Balaban J connectivity index is 1.35. The number of rotatable bonds is 4. The van der Waals surface area contributed by atoms with Crippen LogP contribution in [0, 0.1) is 0 Å². The molecular weight excluding hydrogens is 378 g/mol. The summed E-state index contributed by atoms with van der Waals surface area (Å²) in [5.74, 6) is -0.555. The molecule has 6 nitrogen and oxygen atoms in total. The third kappa shape index (κ3) is 2.86. The first kappa shape index (κ1) is 17.9. The van der Waals surface area contributed by atoms with Crippen molar-refractivity contribution in [2.24, 2.45) is 5.10 Å². The van der Waals surface area contributed by atoms with Crippen molar-refractivity contribution in [1.82, 2.24) is 5.43 Å². The van der Waals surface area contributed by atoms with E-state index in [-0.39, 0.29) is 18.2 Å². The lowest BCUT2D eigenvalue weighted by atomic mass is 10.0. The summed E-state index contributed by atoms with van der Waals surface area (Å²) in [7, 11) is 0. The molecule has 0 bridgehead atoms. The van der Waals surface area contributed by atoms with Crippen LogP contribution in [-0.2, 0) is 4.79 Å². The molecule has 146 valence electrons. The Bertz CT molecular complexity index is 1360. The highest BCUT2D eigenvalue weighted by Crippen LogP contribution is 2.36. The van der Waals surface area contributed by atoms with Crippen molar-refractivity contribution in [1.29, 1.82) is 0 Å². The number of benzene rings is 4. The lowest BCUT2D eigenvalue weighted by Gasteiger charge is -2.16. The van der Waals surface area contributed by atoms with E-state index in [1.54, 1.807) is 12.1 Å². The minimum Gasteiger partial charge on any atom is -0.507 e. The van der Waals surface area contributed by atoms with E-state index in [1.165, 1.54) is 11.1 Å². The Hall–Kier alpha value is -4.19. The molecule has 2 amide bonds. The molecule has 0 atom stereocenters. The van der Waals surface area contributed by atoms with Gasteiger partial charge in [-0.15, -0.1) is 0 Å². The van der Waals surface area contributed by atoms with Gasteiger partial charge in [0.25, 0.3) is 11.8 Å². The molecule has 30 heavy (non-hydrogen) atoms. The second-order valence-corrected chi connectivity index (χ2v) is 7.08. The number of hydrogen-bond donors (Lipinski definition) is 2. The molecule has 4 aromatic rings.